The van der Waals surface area contributed by atoms with Crippen molar-refractivity contribution in [2.45, 2.75) is 25.7 Å². The quantitative estimate of drug-likeness (QED) is 0.770. The third-order valence-corrected chi connectivity index (χ3v) is 4.30. The van der Waals surface area contributed by atoms with Crippen molar-refractivity contribution in [3.05, 3.63) is 34.9 Å². The van der Waals surface area contributed by atoms with Crippen LogP contribution in [0.3, 0.4) is 0 Å². The molecule has 0 saturated heterocycles. The molecule has 2 heterocycles. The molecule has 0 aromatic carbocycles. The number of carboxylic acid groups (broad SMARTS) is 1. The first-order valence-electron chi connectivity index (χ1n) is 5.70. The maximum Gasteiger partial charge on any atom is 0.357 e. The number of H-pyrrole nitrogens is 1. The number of aromatic amines is 1. The van der Waals surface area contributed by atoms with Crippen LogP contribution in [0.1, 0.15) is 27.6 Å². The predicted octanol–water partition coefficient (Wildman–Crippen LogP) is 0.767. The number of carbonyl (C=O) groups is 1. The lowest BCUT2D eigenvalue weighted by Crippen LogP contribution is -2.26. The number of aryl methyl sites for hydroxylation is 3. The van der Waals surface area contributed by atoms with Crippen LogP contribution in [0, 0.1) is 20.8 Å². The van der Waals surface area contributed by atoms with Gasteiger partial charge in [0.05, 0.1) is 5.69 Å². The van der Waals surface area contributed by atoms with Gasteiger partial charge in [-0.15, -0.1) is 0 Å². The normalized spacial score (nSPS) is 11.6. The number of hydrogen-bond donors (Lipinski definition) is 3. The zero-order valence-electron chi connectivity index (χ0n) is 11.1. The molecule has 0 fully saturated rings. The van der Waals surface area contributed by atoms with E-state index in [2.05, 4.69) is 15.0 Å². The summed E-state index contributed by atoms with van der Waals surface area (Å²) in [5.41, 5.74) is 1.00. The second-order valence-electron chi connectivity index (χ2n) is 4.38. The highest BCUT2D eigenvalue weighted by Crippen LogP contribution is 2.19. The largest absolute Gasteiger partial charge is 0.476 e. The van der Waals surface area contributed by atoms with Crippen LogP contribution >= 0.6 is 0 Å². The maximum atomic E-state index is 12.4. The number of aromatic nitrogens is 3. The second kappa shape index (κ2) is 4.67. The Bertz CT molecular complexity index is 753. The minimum absolute atomic E-state index is 0.164. The number of nitrogens with one attached hydrogen (secondary N) is 2. The zero-order chi connectivity index (χ0) is 15.1. The van der Waals surface area contributed by atoms with Crippen LogP contribution in [0.5, 0.6) is 0 Å². The van der Waals surface area contributed by atoms with Gasteiger partial charge in [0.15, 0.2) is 5.69 Å². The van der Waals surface area contributed by atoms with Crippen LogP contribution in [-0.4, -0.2) is 34.4 Å². The SMILES string of the molecule is Cc1[nH]nc(C(=O)O)c1S(=O)(=O)Nn1c(C)ccc1C. The molecule has 2 aromatic rings. The van der Waals surface area contributed by atoms with Crippen molar-refractivity contribution in [3.63, 3.8) is 0 Å². The van der Waals surface area contributed by atoms with Gasteiger partial charge in [-0.05, 0) is 32.9 Å². The average Bonchev–Trinajstić information content (AvgIpc) is 2.87. The summed E-state index contributed by atoms with van der Waals surface area (Å²) >= 11 is 0. The van der Waals surface area contributed by atoms with Crippen molar-refractivity contribution < 1.29 is 18.3 Å². The first-order chi connectivity index (χ1) is 9.24. The molecule has 3 N–H and O–H groups in total. The Kier molecular flexibility index (Phi) is 3.30. The minimum Gasteiger partial charge on any atom is -0.476 e. The first-order valence-corrected chi connectivity index (χ1v) is 7.18. The molecule has 0 atom stereocenters. The molecule has 0 aliphatic rings. The van der Waals surface area contributed by atoms with Crippen molar-refractivity contribution in [3.8, 4) is 0 Å². The molecule has 2 aromatic heterocycles. The molecule has 0 aliphatic heterocycles. The lowest BCUT2D eigenvalue weighted by atomic mass is 10.4. The molecule has 0 spiro atoms. The van der Waals surface area contributed by atoms with Crippen LogP contribution in [-0.2, 0) is 10.0 Å². The summed E-state index contributed by atoms with van der Waals surface area (Å²) in [4.78, 5) is 13.0. The monoisotopic (exact) mass is 298 g/mol. The van der Waals surface area contributed by atoms with Crippen LogP contribution in [0.15, 0.2) is 17.0 Å². The van der Waals surface area contributed by atoms with Crippen molar-refractivity contribution >= 4 is 16.0 Å². The number of hydrogen-bond acceptors (Lipinski definition) is 4. The lowest BCUT2D eigenvalue weighted by Gasteiger charge is -2.13. The highest BCUT2D eigenvalue weighted by Gasteiger charge is 2.28. The van der Waals surface area contributed by atoms with Crippen LogP contribution in [0.2, 0.25) is 0 Å². The topological polar surface area (TPSA) is 117 Å². The molecular weight excluding hydrogens is 284 g/mol. The molecule has 2 rings (SSSR count). The van der Waals surface area contributed by atoms with Gasteiger partial charge in [0.1, 0.15) is 4.90 Å². The number of carboxylic acids is 1. The molecular formula is C11H14N4O4S. The minimum atomic E-state index is -4.05. The van der Waals surface area contributed by atoms with E-state index < -0.39 is 21.7 Å². The van der Waals surface area contributed by atoms with E-state index in [1.807, 2.05) is 0 Å². The van der Waals surface area contributed by atoms with E-state index in [0.717, 1.165) is 0 Å². The van der Waals surface area contributed by atoms with Crippen LogP contribution < -0.4 is 4.83 Å². The van der Waals surface area contributed by atoms with Crippen molar-refractivity contribution in [1.82, 2.24) is 14.9 Å². The van der Waals surface area contributed by atoms with Gasteiger partial charge in [-0.2, -0.15) is 13.5 Å². The van der Waals surface area contributed by atoms with E-state index in [1.165, 1.54) is 11.6 Å². The smallest absolute Gasteiger partial charge is 0.357 e. The highest BCUT2D eigenvalue weighted by atomic mass is 32.2. The fraction of sp³-hybridized carbons (Fsp3) is 0.273. The zero-order valence-corrected chi connectivity index (χ0v) is 11.9. The molecule has 0 bridgehead atoms. The molecule has 0 radical (unpaired) electrons. The number of aromatic carboxylic acids is 1. The van der Waals surface area contributed by atoms with Gasteiger partial charge in [0.25, 0.3) is 10.0 Å². The molecule has 8 nitrogen and oxygen atoms in total. The lowest BCUT2D eigenvalue weighted by molar-refractivity contribution is 0.0686. The Hall–Kier alpha value is -2.29. The summed E-state index contributed by atoms with van der Waals surface area (Å²) in [5.74, 6) is -1.41. The molecule has 0 amide bonds. The van der Waals surface area contributed by atoms with Gasteiger partial charge in [-0.25, -0.2) is 9.63 Å². The van der Waals surface area contributed by atoms with E-state index in [9.17, 15) is 13.2 Å². The molecule has 0 unspecified atom stereocenters. The highest BCUT2D eigenvalue weighted by molar-refractivity contribution is 7.92. The Labute approximate surface area is 115 Å². The van der Waals surface area contributed by atoms with E-state index >= 15 is 0 Å². The summed E-state index contributed by atoms with van der Waals surface area (Å²) in [7, 11) is -4.05. The van der Waals surface area contributed by atoms with E-state index in [0.29, 0.717) is 11.4 Å². The fourth-order valence-electron chi connectivity index (χ4n) is 1.87. The van der Waals surface area contributed by atoms with Gasteiger partial charge < -0.3 is 5.11 Å². The predicted molar refractivity (Wildman–Crippen MR) is 70.7 cm³/mol. The Morgan fingerprint density at radius 1 is 1.30 bits per heavy atom. The first kappa shape index (κ1) is 14.1. The van der Waals surface area contributed by atoms with E-state index in [4.69, 9.17) is 5.11 Å². The summed E-state index contributed by atoms with van der Waals surface area (Å²) in [6, 6.07) is 3.50. The van der Waals surface area contributed by atoms with Crippen molar-refractivity contribution in [2.75, 3.05) is 4.83 Å². The molecule has 0 aliphatic carbocycles. The van der Waals surface area contributed by atoms with Crippen LogP contribution in [0.4, 0.5) is 0 Å². The number of sulfonamides is 1. The van der Waals surface area contributed by atoms with Crippen molar-refractivity contribution in [2.24, 2.45) is 0 Å². The summed E-state index contributed by atoms with van der Waals surface area (Å²) in [5, 5.41) is 14.9. The summed E-state index contributed by atoms with van der Waals surface area (Å²) in [6.45, 7) is 4.91. The average molecular weight is 298 g/mol. The molecule has 108 valence electrons. The fourth-order valence-corrected chi connectivity index (χ4v) is 3.33. The maximum absolute atomic E-state index is 12.4. The van der Waals surface area contributed by atoms with Crippen LogP contribution in [0.25, 0.3) is 0 Å². The second-order valence-corrected chi connectivity index (χ2v) is 5.98. The molecule has 0 saturated carbocycles. The van der Waals surface area contributed by atoms with Gasteiger partial charge in [0.2, 0.25) is 0 Å². The van der Waals surface area contributed by atoms with Gasteiger partial charge in [0, 0.05) is 11.4 Å². The Morgan fingerprint density at radius 3 is 2.35 bits per heavy atom. The molecule has 20 heavy (non-hydrogen) atoms. The van der Waals surface area contributed by atoms with Gasteiger partial charge in [-0.3, -0.25) is 9.77 Å². The number of rotatable bonds is 4. The summed E-state index contributed by atoms with van der Waals surface area (Å²) in [6.07, 6.45) is 0. The summed E-state index contributed by atoms with van der Waals surface area (Å²) < 4.78 is 26.1. The third-order valence-electron chi connectivity index (χ3n) is 2.85. The van der Waals surface area contributed by atoms with Gasteiger partial charge >= 0.3 is 5.97 Å². The third kappa shape index (κ3) is 2.27. The van der Waals surface area contributed by atoms with Gasteiger partial charge in [-0.1, -0.05) is 0 Å². The van der Waals surface area contributed by atoms with E-state index in [1.54, 1.807) is 26.0 Å². The number of nitrogens with zero attached hydrogens (tertiary/aromatic N) is 2. The Balaban J connectivity index is 2.52. The standard InChI is InChI=1S/C11H14N4O4S/c1-6-4-5-7(2)15(6)14-20(18,19)10-8(3)12-13-9(10)11(16)17/h4-5,14H,1-3H3,(H,12,13)(H,16,17). The van der Waals surface area contributed by atoms with Crippen molar-refractivity contribution in [1.29, 1.82) is 0 Å². The molecule has 9 heteroatoms. The Morgan fingerprint density at radius 2 is 1.85 bits per heavy atom. The van der Waals surface area contributed by atoms with E-state index in [-0.39, 0.29) is 10.6 Å².